The number of aliphatic hydroxyl groups is 1. The molecule has 0 saturated carbocycles. The summed E-state index contributed by atoms with van der Waals surface area (Å²) < 4.78 is 1.38. The molecule has 44 heavy (non-hydrogen) atoms. The number of thiophene rings is 2. The molecule has 0 amide bonds. The van der Waals surface area contributed by atoms with Crippen LogP contribution in [0.5, 0.6) is 0 Å². The van der Waals surface area contributed by atoms with Gasteiger partial charge in [-0.15, -0.1) is 46.3 Å². The number of pyridine rings is 1. The number of aromatic nitrogens is 1. The van der Waals surface area contributed by atoms with Crippen LogP contribution in [0, 0.1) is 17.9 Å². The molecule has 6 aromatic rings. The molecule has 3 heterocycles. The van der Waals surface area contributed by atoms with Crippen LogP contribution in [0.4, 0.5) is 0 Å². The van der Waals surface area contributed by atoms with Crippen molar-refractivity contribution in [3.05, 3.63) is 89.3 Å². The maximum Gasteiger partial charge on any atom is 0.162 e. The van der Waals surface area contributed by atoms with Crippen molar-refractivity contribution >= 4 is 59.5 Å². The summed E-state index contributed by atoms with van der Waals surface area (Å²) >= 11 is 3.68. The molecule has 0 spiro atoms. The van der Waals surface area contributed by atoms with E-state index < -0.39 is 0 Å². The molecule has 0 atom stereocenters. The minimum atomic E-state index is 0. The van der Waals surface area contributed by atoms with Crippen molar-refractivity contribution in [3.63, 3.8) is 0 Å². The van der Waals surface area contributed by atoms with Crippen LogP contribution in [-0.4, -0.2) is 15.9 Å². The van der Waals surface area contributed by atoms with Gasteiger partial charge >= 0.3 is 0 Å². The summed E-state index contributed by atoms with van der Waals surface area (Å²) in [7, 11) is 0. The van der Waals surface area contributed by atoms with Crippen LogP contribution in [0.15, 0.2) is 83.3 Å². The minimum absolute atomic E-state index is 0. The molecule has 1 aliphatic rings. The molecule has 0 bridgehead atoms. The number of carbonyl (C=O) groups is 1. The van der Waals surface area contributed by atoms with Crippen molar-refractivity contribution in [2.24, 2.45) is 11.8 Å². The van der Waals surface area contributed by atoms with Crippen LogP contribution in [0.3, 0.4) is 0 Å². The molecule has 0 fully saturated rings. The van der Waals surface area contributed by atoms with Gasteiger partial charge in [-0.3, -0.25) is 9.78 Å². The number of fused-ring (bicyclic) bond motifs is 7. The normalized spacial score (nSPS) is 12.1. The monoisotopic (exact) mass is 795 g/mol. The SMILES string of the molecule is CCC(CC)C(=O)/C=C(\O)C(CC)CC.[Ir].[c-]1c2c(cc3ccccc13)-c1csc3scc(c13)-c1cc3ccccc3nc1-2. The quantitative estimate of drug-likeness (QED) is 0.0993. The summed E-state index contributed by atoms with van der Waals surface area (Å²) in [5.74, 6) is 0.547. The predicted octanol–water partition coefficient (Wildman–Crippen LogP) is 11.6. The van der Waals surface area contributed by atoms with Crippen molar-refractivity contribution in [2.75, 3.05) is 0 Å². The Balaban J connectivity index is 0.000000209. The number of aliphatic hydroxyl groups excluding tert-OH is 1. The standard InChI is InChI=1S/C25H12NS2.C13H24O2.Ir/c1-2-6-15-10-18-17(9-14(15)5-1)20-12-27-25-23(20)21(13-28-25)19-11-16-7-3-4-8-22(16)26-24(18)19;1-5-10(6-2)12(14)9-13(15)11(7-3)8-4;/h1-9,11-13H;9-11,14H,5-8H2,1-4H3;/q-1;;/b;12-9-;. The van der Waals surface area contributed by atoms with Crippen molar-refractivity contribution in [1.82, 2.24) is 4.98 Å². The van der Waals surface area contributed by atoms with E-state index in [2.05, 4.69) is 77.5 Å². The fraction of sp³-hybridized carbons (Fsp3) is 0.263. The summed E-state index contributed by atoms with van der Waals surface area (Å²) in [4.78, 5) is 16.8. The third kappa shape index (κ3) is 5.93. The van der Waals surface area contributed by atoms with Crippen LogP contribution >= 0.6 is 22.7 Å². The first kappa shape index (κ1) is 32.2. The predicted molar refractivity (Wildman–Crippen MR) is 185 cm³/mol. The molecule has 227 valence electrons. The van der Waals surface area contributed by atoms with Gasteiger partial charge < -0.3 is 5.11 Å². The number of hydrogen-bond acceptors (Lipinski definition) is 5. The molecule has 1 aliphatic carbocycles. The van der Waals surface area contributed by atoms with E-state index in [1.807, 2.05) is 50.4 Å². The number of ketones is 1. The smallest absolute Gasteiger partial charge is 0.162 e. The van der Waals surface area contributed by atoms with Gasteiger partial charge in [0.05, 0.1) is 15.3 Å². The van der Waals surface area contributed by atoms with Gasteiger partial charge in [-0.05, 0) is 59.2 Å². The maximum absolute atomic E-state index is 11.7. The van der Waals surface area contributed by atoms with Gasteiger partial charge in [-0.25, -0.2) is 0 Å². The van der Waals surface area contributed by atoms with Gasteiger partial charge in [0.25, 0.3) is 0 Å². The molecule has 0 saturated heterocycles. The Morgan fingerprint density at radius 1 is 0.818 bits per heavy atom. The van der Waals surface area contributed by atoms with E-state index in [0.717, 1.165) is 47.8 Å². The van der Waals surface area contributed by atoms with Crippen molar-refractivity contribution in [3.8, 4) is 33.5 Å². The van der Waals surface area contributed by atoms with Crippen molar-refractivity contribution in [1.29, 1.82) is 0 Å². The summed E-state index contributed by atoms with van der Waals surface area (Å²) in [6.45, 7) is 8.07. The van der Waals surface area contributed by atoms with Crippen molar-refractivity contribution < 1.29 is 30.0 Å². The first-order valence-corrected chi connectivity index (χ1v) is 17.0. The zero-order chi connectivity index (χ0) is 30.1. The number of para-hydroxylation sites is 1. The van der Waals surface area contributed by atoms with Crippen LogP contribution in [0.1, 0.15) is 53.4 Å². The summed E-state index contributed by atoms with van der Waals surface area (Å²) in [5, 5.41) is 19.3. The first-order valence-electron chi connectivity index (χ1n) is 15.3. The van der Waals surface area contributed by atoms with Gasteiger partial charge in [-0.2, -0.15) is 0 Å². The minimum Gasteiger partial charge on any atom is -0.512 e. The number of carbonyl (C=O) groups excluding carboxylic acids is 1. The average molecular weight is 795 g/mol. The summed E-state index contributed by atoms with van der Waals surface area (Å²) in [6.07, 6.45) is 4.91. The Morgan fingerprint density at radius 2 is 1.41 bits per heavy atom. The number of allylic oxidation sites excluding steroid dienone is 2. The Labute approximate surface area is 281 Å². The molecular weight excluding hydrogens is 759 g/mol. The van der Waals surface area contributed by atoms with Crippen LogP contribution in [0.25, 0.3) is 64.6 Å². The second-order valence-electron chi connectivity index (χ2n) is 11.2. The Morgan fingerprint density at radius 3 is 2.09 bits per heavy atom. The average Bonchev–Trinajstić information content (AvgIpc) is 3.61. The van der Waals surface area contributed by atoms with Gasteiger partial charge in [0.15, 0.2) is 5.78 Å². The second kappa shape index (κ2) is 13.9. The molecular formula is C38H36IrNO2S2-. The van der Waals surface area contributed by atoms with E-state index in [-0.39, 0.29) is 43.5 Å². The van der Waals surface area contributed by atoms with E-state index in [9.17, 15) is 9.90 Å². The van der Waals surface area contributed by atoms with E-state index in [1.54, 1.807) is 0 Å². The zero-order valence-electron chi connectivity index (χ0n) is 25.4. The molecule has 7 rings (SSSR count). The van der Waals surface area contributed by atoms with E-state index in [1.165, 1.54) is 48.5 Å². The third-order valence-electron chi connectivity index (χ3n) is 8.72. The largest absolute Gasteiger partial charge is 0.512 e. The molecule has 6 heteroatoms. The number of nitrogens with zero attached hydrogens (tertiary/aromatic N) is 1. The first-order chi connectivity index (χ1) is 21.0. The molecule has 0 unspecified atom stereocenters. The molecule has 1 radical (unpaired) electrons. The zero-order valence-corrected chi connectivity index (χ0v) is 29.5. The number of benzene rings is 3. The van der Waals surface area contributed by atoms with E-state index >= 15 is 0 Å². The fourth-order valence-corrected chi connectivity index (χ4v) is 8.23. The van der Waals surface area contributed by atoms with Gasteiger partial charge in [-0.1, -0.05) is 86.7 Å². The molecule has 1 N–H and O–H groups in total. The molecule has 3 aromatic heterocycles. The fourth-order valence-electron chi connectivity index (χ4n) is 6.11. The van der Waals surface area contributed by atoms with Gasteiger partial charge in [0.2, 0.25) is 0 Å². The Kier molecular flexibility index (Phi) is 10.2. The number of rotatable bonds is 7. The van der Waals surface area contributed by atoms with Gasteiger partial charge in [0, 0.05) is 54.5 Å². The molecule has 3 nitrogen and oxygen atoms in total. The molecule has 0 aliphatic heterocycles. The maximum atomic E-state index is 11.7. The second-order valence-corrected chi connectivity index (χ2v) is 13.2. The molecule has 3 aromatic carbocycles. The Bertz CT molecular complexity index is 1860. The summed E-state index contributed by atoms with van der Waals surface area (Å²) in [6, 6.07) is 25.2. The van der Waals surface area contributed by atoms with E-state index in [4.69, 9.17) is 4.98 Å². The Hall–Kier alpha value is -3.15. The summed E-state index contributed by atoms with van der Waals surface area (Å²) in [5.41, 5.74) is 8.26. The van der Waals surface area contributed by atoms with Crippen LogP contribution in [0.2, 0.25) is 0 Å². The number of hydrogen-bond donors (Lipinski definition) is 1. The topological polar surface area (TPSA) is 50.2 Å². The van der Waals surface area contributed by atoms with Gasteiger partial charge in [0.1, 0.15) is 0 Å². The third-order valence-corrected chi connectivity index (χ3v) is 10.8. The van der Waals surface area contributed by atoms with Crippen LogP contribution in [-0.2, 0) is 24.9 Å². The van der Waals surface area contributed by atoms with E-state index in [0.29, 0.717) is 0 Å². The van der Waals surface area contributed by atoms with Crippen LogP contribution < -0.4 is 0 Å². The van der Waals surface area contributed by atoms with Crippen molar-refractivity contribution in [2.45, 2.75) is 53.4 Å².